The molecule has 0 aliphatic heterocycles. The third-order valence-electron chi connectivity index (χ3n) is 3.49. The first kappa shape index (κ1) is 16.2. The van der Waals surface area contributed by atoms with Gasteiger partial charge in [0.15, 0.2) is 9.84 Å². The van der Waals surface area contributed by atoms with Gasteiger partial charge in [-0.25, -0.2) is 8.42 Å². The van der Waals surface area contributed by atoms with E-state index in [1.807, 2.05) is 45.9 Å². The molecule has 3 nitrogen and oxygen atoms in total. The molecule has 0 fully saturated rings. The molecule has 0 bridgehead atoms. The van der Waals surface area contributed by atoms with Crippen LogP contribution in [0.4, 0.5) is 0 Å². The van der Waals surface area contributed by atoms with Crippen LogP contribution in [0.15, 0.2) is 18.2 Å². The highest BCUT2D eigenvalue weighted by atomic mass is 32.2. The molecule has 0 aliphatic rings. The summed E-state index contributed by atoms with van der Waals surface area (Å²) in [5.41, 5.74) is 8.99. The highest BCUT2D eigenvalue weighted by molar-refractivity contribution is 7.90. The molecule has 0 aliphatic carbocycles. The van der Waals surface area contributed by atoms with Gasteiger partial charge in [-0.2, -0.15) is 0 Å². The summed E-state index contributed by atoms with van der Waals surface area (Å²) in [6.45, 7) is 7.99. The van der Waals surface area contributed by atoms with Gasteiger partial charge < -0.3 is 5.73 Å². The Balaban J connectivity index is 2.79. The second-order valence-electron chi connectivity index (χ2n) is 5.60. The van der Waals surface area contributed by atoms with E-state index in [1.54, 1.807) is 0 Å². The first-order valence-electron chi connectivity index (χ1n) is 6.76. The molecule has 1 aromatic rings. The molecular formula is C15H25NO2S. The standard InChI is InChI=1S/C15H25NO2S/c1-5-13(4)15(16)10-19(17,18)9-14-7-11(2)6-12(3)8-14/h6-8,13,15H,5,9-10,16H2,1-4H3. The van der Waals surface area contributed by atoms with Crippen molar-refractivity contribution in [2.75, 3.05) is 5.75 Å². The number of sulfone groups is 1. The monoisotopic (exact) mass is 283 g/mol. The molecule has 0 saturated heterocycles. The van der Waals surface area contributed by atoms with Crippen molar-refractivity contribution in [1.29, 1.82) is 0 Å². The van der Waals surface area contributed by atoms with E-state index in [1.165, 1.54) is 0 Å². The van der Waals surface area contributed by atoms with E-state index in [0.29, 0.717) is 0 Å². The summed E-state index contributed by atoms with van der Waals surface area (Å²) in [4.78, 5) is 0. The first-order chi connectivity index (χ1) is 8.73. The van der Waals surface area contributed by atoms with Gasteiger partial charge in [0.05, 0.1) is 11.5 Å². The molecule has 0 aromatic heterocycles. The van der Waals surface area contributed by atoms with Crippen LogP contribution in [0.5, 0.6) is 0 Å². The van der Waals surface area contributed by atoms with Gasteiger partial charge in [-0.1, -0.05) is 49.6 Å². The minimum Gasteiger partial charge on any atom is -0.327 e. The smallest absolute Gasteiger partial charge is 0.155 e. The predicted octanol–water partition coefficient (Wildman–Crippen LogP) is 2.59. The third-order valence-corrected chi connectivity index (χ3v) is 5.16. The van der Waals surface area contributed by atoms with E-state index in [-0.39, 0.29) is 23.5 Å². The van der Waals surface area contributed by atoms with Gasteiger partial charge in [0.25, 0.3) is 0 Å². The average molecular weight is 283 g/mol. The topological polar surface area (TPSA) is 60.2 Å². The molecule has 0 amide bonds. The fraction of sp³-hybridized carbons (Fsp3) is 0.600. The van der Waals surface area contributed by atoms with Crippen molar-refractivity contribution in [1.82, 2.24) is 0 Å². The lowest BCUT2D eigenvalue weighted by Gasteiger charge is -2.18. The van der Waals surface area contributed by atoms with Gasteiger partial charge in [-0.05, 0) is 25.3 Å². The maximum Gasteiger partial charge on any atom is 0.155 e. The van der Waals surface area contributed by atoms with Gasteiger partial charge in [-0.15, -0.1) is 0 Å². The van der Waals surface area contributed by atoms with E-state index in [2.05, 4.69) is 0 Å². The van der Waals surface area contributed by atoms with Crippen LogP contribution >= 0.6 is 0 Å². The van der Waals surface area contributed by atoms with E-state index < -0.39 is 9.84 Å². The zero-order valence-electron chi connectivity index (χ0n) is 12.3. The lowest BCUT2D eigenvalue weighted by Crippen LogP contribution is -2.35. The van der Waals surface area contributed by atoms with Crippen LogP contribution in [-0.2, 0) is 15.6 Å². The van der Waals surface area contributed by atoms with Crippen LogP contribution in [0.2, 0.25) is 0 Å². The molecule has 0 saturated carbocycles. The van der Waals surface area contributed by atoms with Gasteiger partial charge >= 0.3 is 0 Å². The van der Waals surface area contributed by atoms with Crippen LogP contribution in [0.25, 0.3) is 0 Å². The maximum atomic E-state index is 12.2. The van der Waals surface area contributed by atoms with Crippen molar-refractivity contribution in [3.8, 4) is 0 Å². The normalized spacial score (nSPS) is 15.2. The third kappa shape index (κ3) is 5.33. The van der Waals surface area contributed by atoms with Crippen molar-refractivity contribution in [3.63, 3.8) is 0 Å². The molecule has 1 rings (SSSR count). The molecule has 1 aromatic carbocycles. The summed E-state index contributed by atoms with van der Waals surface area (Å²) in [7, 11) is -3.15. The SMILES string of the molecule is CCC(C)C(N)CS(=O)(=O)Cc1cc(C)cc(C)c1. The van der Waals surface area contributed by atoms with Crippen molar-refractivity contribution in [2.45, 2.75) is 45.9 Å². The molecule has 19 heavy (non-hydrogen) atoms. The summed E-state index contributed by atoms with van der Waals surface area (Å²) < 4.78 is 24.3. The summed E-state index contributed by atoms with van der Waals surface area (Å²) in [5, 5.41) is 0. The molecule has 4 heteroatoms. The number of aryl methyl sites for hydroxylation is 2. The quantitative estimate of drug-likeness (QED) is 0.873. The molecule has 2 atom stereocenters. The lowest BCUT2D eigenvalue weighted by atomic mass is 10.0. The highest BCUT2D eigenvalue weighted by Gasteiger charge is 2.20. The summed E-state index contributed by atoms with van der Waals surface area (Å²) in [6, 6.07) is 5.63. The van der Waals surface area contributed by atoms with Crippen molar-refractivity contribution < 1.29 is 8.42 Å². The molecule has 2 N–H and O–H groups in total. The van der Waals surface area contributed by atoms with Crippen molar-refractivity contribution in [3.05, 3.63) is 34.9 Å². The minimum atomic E-state index is -3.15. The molecule has 2 unspecified atom stereocenters. The number of benzene rings is 1. The van der Waals surface area contributed by atoms with E-state index in [0.717, 1.165) is 23.1 Å². The summed E-state index contributed by atoms with van der Waals surface area (Å²) in [5.74, 6) is 0.378. The van der Waals surface area contributed by atoms with Gasteiger partial charge in [0.2, 0.25) is 0 Å². The average Bonchev–Trinajstić information content (AvgIpc) is 2.24. The zero-order valence-corrected chi connectivity index (χ0v) is 13.1. The number of nitrogens with two attached hydrogens (primary N) is 1. The number of hydrogen-bond donors (Lipinski definition) is 1. The Bertz CT molecular complexity index is 503. The predicted molar refractivity (Wildman–Crippen MR) is 80.8 cm³/mol. The Morgan fingerprint density at radius 1 is 1.16 bits per heavy atom. The Morgan fingerprint density at radius 2 is 1.68 bits per heavy atom. The molecule has 0 spiro atoms. The molecular weight excluding hydrogens is 258 g/mol. The Labute approximate surface area is 117 Å². The van der Waals surface area contributed by atoms with E-state index in [9.17, 15) is 8.42 Å². The Kier molecular flexibility index (Phi) is 5.56. The van der Waals surface area contributed by atoms with Gasteiger partial charge in [0, 0.05) is 6.04 Å². The second kappa shape index (κ2) is 6.53. The van der Waals surface area contributed by atoms with Crippen molar-refractivity contribution in [2.24, 2.45) is 11.7 Å². The minimum absolute atomic E-state index is 0.0645. The van der Waals surface area contributed by atoms with Crippen LogP contribution in [0.3, 0.4) is 0 Å². The van der Waals surface area contributed by atoms with Crippen LogP contribution in [0, 0.1) is 19.8 Å². The van der Waals surface area contributed by atoms with Gasteiger partial charge in [0.1, 0.15) is 0 Å². The van der Waals surface area contributed by atoms with E-state index >= 15 is 0 Å². The fourth-order valence-electron chi connectivity index (χ4n) is 2.23. The number of rotatable bonds is 6. The zero-order chi connectivity index (χ0) is 14.6. The fourth-order valence-corrected chi connectivity index (χ4v) is 3.93. The molecule has 0 radical (unpaired) electrons. The molecule has 108 valence electrons. The highest BCUT2D eigenvalue weighted by Crippen LogP contribution is 2.15. The van der Waals surface area contributed by atoms with Gasteiger partial charge in [-0.3, -0.25) is 0 Å². The largest absolute Gasteiger partial charge is 0.327 e. The summed E-state index contributed by atoms with van der Waals surface area (Å²) in [6.07, 6.45) is 0.903. The Hall–Kier alpha value is -0.870. The number of hydrogen-bond acceptors (Lipinski definition) is 3. The second-order valence-corrected chi connectivity index (χ2v) is 7.71. The lowest BCUT2D eigenvalue weighted by molar-refractivity contribution is 0.466. The van der Waals surface area contributed by atoms with Crippen LogP contribution in [0.1, 0.15) is 37.0 Å². The van der Waals surface area contributed by atoms with Crippen LogP contribution < -0.4 is 5.73 Å². The van der Waals surface area contributed by atoms with Crippen molar-refractivity contribution >= 4 is 9.84 Å². The van der Waals surface area contributed by atoms with Crippen LogP contribution in [-0.4, -0.2) is 20.2 Å². The maximum absolute atomic E-state index is 12.2. The van der Waals surface area contributed by atoms with E-state index in [4.69, 9.17) is 5.73 Å². The Morgan fingerprint density at radius 3 is 2.16 bits per heavy atom. The summed E-state index contributed by atoms with van der Waals surface area (Å²) >= 11 is 0. The first-order valence-corrected chi connectivity index (χ1v) is 8.59. The molecule has 0 heterocycles.